The van der Waals surface area contributed by atoms with Crippen molar-refractivity contribution in [2.75, 3.05) is 17.8 Å². The molecule has 0 aliphatic carbocycles. The number of anilines is 1. The van der Waals surface area contributed by atoms with E-state index in [2.05, 4.69) is 25.6 Å². The second kappa shape index (κ2) is 7.08. The van der Waals surface area contributed by atoms with Crippen LogP contribution < -0.4 is 4.72 Å². The van der Waals surface area contributed by atoms with Gasteiger partial charge in [-0.1, -0.05) is 6.07 Å². The van der Waals surface area contributed by atoms with Crippen molar-refractivity contribution >= 4 is 37.5 Å². The molecule has 2 heterocycles. The number of halogens is 1. The lowest BCUT2D eigenvalue weighted by atomic mass is 10.2. The van der Waals surface area contributed by atoms with Crippen LogP contribution in [0.5, 0.6) is 0 Å². The van der Waals surface area contributed by atoms with Gasteiger partial charge in [0.25, 0.3) is 15.9 Å². The van der Waals surface area contributed by atoms with Crippen LogP contribution in [0, 0.1) is 20.8 Å². The van der Waals surface area contributed by atoms with Crippen molar-refractivity contribution in [3.63, 3.8) is 0 Å². The molecule has 0 atom stereocenters. The molecule has 1 aromatic heterocycles. The van der Waals surface area contributed by atoms with Crippen molar-refractivity contribution in [1.82, 2.24) is 9.88 Å². The Hall–Kier alpha value is -1.80. The van der Waals surface area contributed by atoms with E-state index < -0.39 is 10.0 Å². The molecule has 1 aliphatic rings. The molecule has 0 radical (unpaired) electrons. The molecule has 0 unspecified atom stereocenters. The van der Waals surface area contributed by atoms with Crippen LogP contribution in [0.25, 0.3) is 0 Å². The van der Waals surface area contributed by atoms with E-state index in [1.165, 1.54) is 0 Å². The maximum absolute atomic E-state index is 13.1. The van der Waals surface area contributed by atoms with Gasteiger partial charge < -0.3 is 9.88 Å². The number of rotatable bonds is 4. The van der Waals surface area contributed by atoms with Gasteiger partial charge in [-0.05, 0) is 67.2 Å². The monoisotopic (exact) mass is 439 g/mol. The fourth-order valence-electron chi connectivity index (χ4n) is 3.33. The van der Waals surface area contributed by atoms with E-state index in [0.717, 1.165) is 18.4 Å². The molecule has 2 N–H and O–H groups in total. The highest BCUT2D eigenvalue weighted by atomic mass is 79.9. The molecule has 0 saturated carbocycles. The lowest BCUT2D eigenvalue weighted by molar-refractivity contribution is 0.0788. The molecule has 3 rings (SSSR count). The van der Waals surface area contributed by atoms with Crippen molar-refractivity contribution < 1.29 is 13.2 Å². The summed E-state index contributed by atoms with van der Waals surface area (Å²) in [6.45, 7) is 6.66. The standard InChI is InChI=1S/C18H22BrN3O3S/c1-11-6-7-15(14(19)10-11)21-26(24,25)17-13(3)20-12(2)16(17)18(23)22-8-4-5-9-22/h6-7,10,20-21H,4-5,8-9H2,1-3H3. The summed E-state index contributed by atoms with van der Waals surface area (Å²) < 4.78 is 29.4. The van der Waals surface area contributed by atoms with E-state index in [0.29, 0.717) is 34.6 Å². The normalized spacial score (nSPS) is 14.7. The number of amides is 1. The van der Waals surface area contributed by atoms with Crippen molar-refractivity contribution in [3.05, 3.63) is 45.2 Å². The first-order valence-corrected chi connectivity index (χ1v) is 10.8. The van der Waals surface area contributed by atoms with E-state index in [1.807, 2.05) is 19.1 Å². The van der Waals surface area contributed by atoms with E-state index in [1.54, 1.807) is 24.8 Å². The largest absolute Gasteiger partial charge is 0.361 e. The van der Waals surface area contributed by atoms with Gasteiger partial charge in [0.1, 0.15) is 4.90 Å². The van der Waals surface area contributed by atoms with Gasteiger partial charge in [-0.25, -0.2) is 8.42 Å². The highest BCUT2D eigenvalue weighted by Gasteiger charge is 2.32. The Labute approximate surface area is 162 Å². The van der Waals surface area contributed by atoms with Crippen LogP contribution in [0.3, 0.4) is 0 Å². The number of carbonyl (C=O) groups is 1. The molecule has 0 bridgehead atoms. The summed E-state index contributed by atoms with van der Waals surface area (Å²) in [5.41, 5.74) is 2.72. The van der Waals surface area contributed by atoms with Gasteiger partial charge in [0.05, 0.1) is 11.3 Å². The number of hydrogen-bond acceptors (Lipinski definition) is 3. The summed E-state index contributed by atoms with van der Waals surface area (Å²) in [5, 5.41) is 0. The maximum atomic E-state index is 13.1. The Morgan fingerprint density at radius 1 is 1.15 bits per heavy atom. The Balaban J connectivity index is 2.03. The summed E-state index contributed by atoms with van der Waals surface area (Å²) in [4.78, 5) is 17.7. The number of aromatic nitrogens is 1. The van der Waals surface area contributed by atoms with Gasteiger partial charge in [-0.3, -0.25) is 9.52 Å². The average molecular weight is 440 g/mol. The number of H-pyrrole nitrogens is 1. The number of nitrogens with zero attached hydrogens (tertiary/aromatic N) is 1. The van der Waals surface area contributed by atoms with Crippen molar-refractivity contribution in [1.29, 1.82) is 0 Å². The first-order chi connectivity index (χ1) is 12.2. The zero-order valence-electron chi connectivity index (χ0n) is 15.0. The molecule has 1 aliphatic heterocycles. The van der Waals surface area contributed by atoms with Crippen LogP contribution in [0.1, 0.15) is 40.2 Å². The van der Waals surface area contributed by atoms with Gasteiger partial charge in [-0.15, -0.1) is 0 Å². The number of sulfonamides is 1. The average Bonchev–Trinajstić information content (AvgIpc) is 3.17. The van der Waals surface area contributed by atoms with Crippen LogP contribution in [0.15, 0.2) is 27.6 Å². The predicted molar refractivity (Wildman–Crippen MR) is 105 cm³/mol. The number of hydrogen-bond donors (Lipinski definition) is 2. The summed E-state index contributed by atoms with van der Waals surface area (Å²) in [6.07, 6.45) is 1.90. The Bertz CT molecular complexity index is 960. The first-order valence-electron chi connectivity index (χ1n) is 8.48. The van der Waals surface area contributed by atoms with E-state index in [-0.39, 0.29) is 16.4 Å². The van der Waals surface area contributed by atoms with Gasteiger partial charge in [0.15, 0.2) is 0 Å². The minimum absolute atomic E-state index is 0.0272. The fourth-order valence-corrected chi connectivity index (χ4v) is 5.59. The number of benzene rings is 1. The van der Waals surface area contributed by atoms with Gasteiger partial charge >= 0.3 is 0 Å². The zero-order chi connectivity index (χ0) is 19.1. The Kier molecular flexibility index (Phi) is 5.16. The van der Waals surface area contributed by atoms with Crippen LogP contribution in [-0.4, -0.2) is 37.3 Å². The molecule has 8 heteroatoms. The minimum Gasteiger partial charge on any atom is -0.361 e. The van der Waals surface area contributed by atoms with E-state index in [9.17, 15) is 13.2 Å². The van der Waals surface area contributed by atoms with Crippen molar-refractivity contribution in [3.8, 4) is 0 Å². The zero-order valence-corrected chi connectivity index (χ0v) is 17.4. The maximum Gasteiger partial charge on any atom is 0.264 e. The van der Waals surface area contributed by atoms with E-state index in [4.69, 9.17) is 0 Å². The quantitative estimate of drug-likeness (QED) is 0.760. The van der Waals surface area contributed by atoms with Gasteiger partial charge in [-0.2, -0.15) is 0 Å². The summed E-state index contributed by atoms with van der Waals surface area (Å²) in [6, 6.07) is 5.37. The summed E-state index contributed by atoms with van der Waals surface area (Å²) in [7, 11) is -3.92. The van der Waals surface area contributed by atoms with Crippen LogP contribution >= 0.6 is 15.9 Å². The number of aromatic amines is 1. The van der Waals surface area contributed by atoms with Crippen LogP contribution in [0.4, 0.5) is 5.69 Å². The Morgan fingerprint density at radius 3 is 2.42 bits per heavy atom. The predicted octanol–water partition coefficient (Wildman–Crippen LogP) is 3.74. The molecule has 1 fully saturated rings. The first kappa shape index (κ1) is 19.0. The lowest BCUT2D eigenvalue weighted by Gasteiger charge is -2.17. The number of nitrogens with one attached hydrogen (secondary N) is 2. The van der Waals surface area contributed by atoms with Gasteiger partial charge in [0.2, 0.25) is 0 Å². The highest BCUT2D eigenvalue weighted by Crippen LogP contribution is 2.31. The molecule has 1 aromatic carbocycles. The van der Waals surface area contributed by atoms with Gasteiger partial charge in [0, 0.05) is 29.0 Å². The molecule has 6 nitrogen and oxygen atoms in total. The number of aryl methyl sites for hydroxylation is 3. The second-order valence-electron chi connectivity index (χ2n) is 6.67. The van der Waals surface area contributed by atoms with Crippen LogP contribution in [-0.2, 0) is 10.0 Å². The van der Waals surface area contributed by atoms with Crippen molar-refractivity contribution in [2.24, 2.45) is 0 Å². The number of carbonyl (C=O) groups excluding carboxylic acids is 1. The third-order valence-corrected chi connectivity index (χ3v) is 6.75. The third kappa shape index (κ3) is 3.53. The molecule has 2 aromatic rings. The molecular weight excluding hydrogens is 418 g/mol. The third-order valence-electron chi connectivity index (χ3n) is 4.56. The minimum atomic E-state index is -3.92. The molecule has 26 heavy (non-hydrogen) atoms. The molecule has 1 amide bonds. The molecule has 1 saturated heterocycles. The second-order valence-corrected chi connectivity index (χ2v) is 9.14. The van der Waals surface area contributed by atoms with E-state index >= 15 is 0 Å². The topological polar surface area (TPSA) is 82.3 Å². The summed E-state index contributed by atoms with van der Waals surface area (Å²) in [5.74, 6) is -0.229. The molecule has 0 spiro atoms. The van der Waals surface area contributed by atoms with Crippen LogP contribution in [0.2, 0.25) is 0 Å². The summed E-state index contributed by atoms with van der Waals surface area (Å²) >= 11 is 3.39. The SMILES string of the molecule is Cc1ccc(NS(=O)(=O)c2c(C)[nH]c(C)c2C(=O)N2CCCC2)c(Br)c1. The lowest BCUT2D eigenvalue weighted by Crippen LogP contribution is -2.29. The fraction of sp³-hybridized carbons (Fsp3) is 0.389. The number of likely N-dealkylation sites (tertiary alicyclic amines) is 1. The molecular formula is C18H22BrN3O3S. The Morgan fingerprint density at radius 2 is 1.81 bits per heavy atom. The molecule has 140 valence electrons. The highest BCUT2D eigenvalue weighted by molar-refractivity contribution is 9.10. The van der Waals surface area contributed by atoms with Crippen molar-refractivity contribution in [2.45, 2.75) is 38.5 Å². The smallest absolute Gasteiger partial charge is 0.264 e.